The van der Waals surface area contributed by atoms with Crippen LogP contribution in [0.5, 0.6) is 0 Å². The summed E-state index contributed by atoms with van der Waals surface area (Å²) in [6.07, 6.45) is 7.46. The third-order valence-electron chi connectivity index (χ3n) is 2.79. The fraction of sp³-hybridized carbons (Fsp3) is 0.769. The van der Waals surface area contributed by atoms with Crippen LogP contribution in [0.25, 0.3) is 0 Å². The first-order valence-corrected chi connectivity index (χ1v) is 6.25. The van der Waals surface area contributed by atoms with E-state index in [1.807, 2.05) is 6.08 Å². The zero-order valence-electron chi connectivity index (χ0n) is 10.5. The third-order valence-corrected chi connectivity index (χ3v) is 2.79. The highest BCUT2D eigenvalue weighted by Crippen LogP contribution is 2.07. The van der Waals surface area contributed by atoms with Crippen molar-refractivity contribution in [3.8, 4) is 0 Å². The van der Waals surface area contributed by atoms with E-state index in [9.17, 15) is 4.79 Å². The Kier molecular flexibility index (Phi) is 8.91. The first kappa shape index (κ1) is 15.2. The number of carboxylic acids is 1. The Morgan fingerprint density at radius 3 is 2.56 bits per heavy atom. The lowest BCUT2D eigenvalue weighted by Crippen LogP contribution is -2.43. The lowest BCUT2D eigenvalue weighted by Gasteiger charge is -2.21. The molecule has 0 bridgehead atoms. The molecule has 3 heteroatoms. The van der Waals surface area contributed by atoms with Crippen LogP contribution in [0.15, 0.2) is 12.7 Å². The molecule has 0 radical (unpaired) electrons. The molecular formula is C13H25NO2. The largest absolute Gasteiger partial charge is 0.480 e. The average Bonchev–Trinajstić information content (AvgIpc) is 2.28. The van der Waals surface area contributed by atoms with E-state index in [1.165, 1.54) is 0 Å². The zero-order valence-corrected chi connectivity index (χ0v) is 10.5. The molecule has 2 unspecified atom stereocenters. The number of allylic oxidation sites excluding steroid dienone is 1. The lowest BCUT2D eigenvalue weighted by molar-refractivity contribution is -0.140. The van der Waals surface area contributed by atoms with Crippen LogP contribution in [0.3, 0.4) is 0 Å². The van der Waals surface area contributed by atoms with Gasteiger partial charge >= 0.3 is 5.97 Å². The molecular weight excluding hydrogens is 202 g/mol. The van der Waals surface area contributed by atoms with Crippen molar-refractivity contribution in [3.05, 3.63) is 12.7 Å². The molecule has 0 aliphatic rings. The van der Waals surface area contributed by atoms with E-state index in [2.05, 4.69) is 25.7 Å². The molecule has 0 rings (SSSR count). The highest BCUT2D eigenvalue weighted by atomic mass is 16.4. The average molecular weight is 227 g/mol. The number of carbonyl (C=O) groups is 1. The summed E-state index contributed by atoms with van der Waals surface area (Å²) < 4.78 is 0. The van der Waals surface area contributed by atoms with Gasteiger partial charge in [-0.25, -0.2) is 0 Å². The third kappa shape index (κ3) is 6.62. The number of hydrogen-bond acceptors (Lipinski definition) is 2. The quantitative estimate of drug-likeness (QED) is 0.564. The van der Waals surface area contributed by atoms with Gasteiger partial charge in [0.2, 0.25) is 0 Å². The van der Waals surface area contributed by atoms with Crippen LogP contribution >= 0.6 is 0 Å². The number of aliphatic carboxylic acids is 1. The van der Waals surface area contributed by atoms with Crippen molar-refractivity contribution in [2.75, 3.05) is 0 Å². The summed E-state index contributed by atoms with van der Waals surface area (Å²) in [5, 5.41) is 12.3. The summed E-state index contributed by atoms with van der Waals surface area (Å²) in [5.41, 5.74) is 0. The highest BCUT2D eigenvalue weighted by Gasteiger charge is 2.19. The Morgan fingerprint density at radius 2 is 2.12 bits per heavy atom. The number of rotatable bonds is 10. The van der Waals surface area contributed by atoms with E-state index in [0.29, 0.717) is 0 Å². The van der Waals surface area contributed by atoms with Crippen LogP contribution in [0, 0.1) is 0 Å². The van der Waals surface area contributed by atoms with Gasteiger partial charge in [0.25, 0.3) is 0 Å². The second-order valence-electron chi connectivity index (χ2n) is 4.17. The first-order valence-electron chi connectivity index (χ1n) is 6.25. The van der Waals surface area contributed by atoms with E-state index in [1.54, 1.807) is 0 Å². The molecule has 0 heterocycles. The minimum Gasteiger partial charge on any atom is -0.480 e. The van der Waals surface area contributed by atoms with E-state index in [0.717, 1.165) is 38.5 Å². The van der Waals surface area contributed by atoms with Crippen molar-refractivity contribution in [1.82, 2.24) is 5.32 Å². The first-order chi connectivity index (χ1) is 7.65. The van der Waals surface area contributed by atoms with Crippen LogP contribution in [0.1, 0.15) is 52.4 Å². The predicted octanol–water partition coefficient (Wildman–Crippen LogP) is 2.96. The Morgan fingerprint density at radius 1 is 1.44 bits per heavy atom. The van der Waals surface area contributed by atoms with Crippen LogP contribution in [-0.2, 0) is 4.79 Å². The summed E-state index contributed by atoms with van der Waals surface area (Å²) in [5.74, 6) is -0.731. The van der Waals surface area contributed by atoms with Crippen molar-refractivity contribution in [3.63, 3.8) is 0 Å². The number of carboxylic acid groups (broad SMARTS) is 1. The van der Waals surface area contributed by atoms with E-state index >= 15 is 0 Å². The SMILES string of the molecule is C=CCCC(CC)NC(CCCC)C(=O)O. The number of hydrogen-bond donors (Lipinski definition) is 2. The number of unbranched alkanes of at least 4 members (excludes halogenated alkanes) is 1. The summed E-state index contributed by atoms with van der Waals surface area (Å²) in [6.45, 7) is 7.85. The molecule has 0 aromatic rings. The van der Waals surface area contributed by atoms with Gasteiger partial charge in [0.15, 0.2) is 0 Å². The minimum absolute atomic E-state index is 0.288. The molecule has 0 aliphatic heterocycles. The second-order valence-corrected chi connectivity index (χ2v) is 4.17. The molecule has 16 heavy (non-hydrogen) atoms. The summed E-state index contributed by atoms with van der Waals surface area (Å²) >= 11 is 0. The second kappa shape index (κ2) is 9.40. The Labute approximate surface area is 98.9 Å². The molecule has 0 amide bonds. The van der Waals surface area contributed by atoms with Gasteiger partial charge in [0.05, 0.1) is 0 Å². The van der Waals surface area contributed by atoms with Gasteiger partial charge in [-0.2, -0.15) is 0 Å². The van der Waals surface area contributed by atoms with Gasteiger partial charge in [0.1, 0.15) is 6.04 Å². The highest BCUT2D eigenvalue weighted by molar-refractivity contribution is 5.73. The van der Waals surface area contributed by atoms with Crippen molar-refractivity contribution >= 4 is 5.97 Å². The van der Waals surface area contributed by atoms with Crippen molar-refractivity contribution in [2.45, 2.75) is 64.5 Å². The fourth-order valence-corrected chi connectivity index (χ4v) is 1.70. The molecule has 2 atom stereocenters. The predicted molar refractivity (Wildman–Crippen MR) is 67.6 cm³/mol. The zero-order chi connectivity index (χ0) is 12.4. The Balaban J connectivity index is 4.11. The smallest absolute Gasteiger partial charge is 0.320 e. The minimum atomic E-state index is -0.731. The van der Waals surface area contributed by atoms with Crippen LogP contribution < -0.4 is 5.32 Å². The maximum Gasteiger partial charge on any atom is 0.320 e. The van der Waals surface area contributed by atoms with Gasteiger partial charge in [0, 0.05) is 6.04 Å². The van der Waals surface area contributed by atoms with Gasteiger partial charge in [-0.3, -0.25) is 4.79 Å². The maximum atomic E-state index is 11.0. The normalized spacial score (nSPS) is 14.4. The van der Waals surface area contributed by atoms with E-state index in [-0.39, 0.29) is 6.04 Å². The molecule has 0 aliphatic carbocycles. The van der Waals surface area contributed by atoms with Crippen LogP contribution in [0.4, 0.5) is 0 Å². The van der Waals surface area contributed by atoms with Crippen molar-refractivity contribution < 1.29 is 9.90 Å². The molecule has 2 N–H and O–H groups in total. The molecule has 0 saturated carbocycles. The fourth-order valence-electron chi connectivity index (χ4n) is 1.70. The summed E-state index contributed by atoms with van der Waals surface area (Å²) in [7, 11) is 0. The molecule has 0 saturated heterocycles. The Hall–Kier alpha value is -0.830. The van der Waals surface area contributed by atoms with Gasteiger partial charge in [-0.05, 0) is 25.7 Å². The van der Waals surface area contributed by atoms with E-state index in [4.69, 9.17) is 5.11 Å². The molecule has 94 valence electrons. The summed E-state index contributed by atoms with van der Waals surface area (Å²) in [6, 6.07) is -0.106. The van der Waals surface area contributed by atoms with Crippen LogP contribution in [-0.4, -0.2) is 23.2 Å². The number of nitrogens with one attached hydrogen (secondary N) is 1. The molecule has 3 nitrogen and oxygen atoms in total. The lowest BCUT2D eigenvalue weighted by atomic mass is 10.0. The maximum absolute atomic E-state index is 11.0. The molecule has 0 aromatic heterocycles. The monoisotopic (exact) mass is 227 g/mol. The standard InChI is InChI=1S/C13H25NO2/c1-4-7-9-11(6-3)14-12(13(15)16)10-8-5-2/h4,11-12,14H,1,5-10H2,2-3H3,(H,15,16). The van der Waals surface area contributed by atoms with Gasteiger partial charge in [-0.1, -0.05) is 32.8 Å². The van der Waals surface area contributed by atoms with Crippen molar-refractivity contribution in [2.24, 2.45) is 0 Å². The topological polar surface area (TPSA) is 49.3 Å². The molecule has 0 fully saturated rings. The van der Waals surface area contributed by atoms with Crippen LogP contribution in [0.2, 0.25) is 0 Å². The van der Waals surface area contributed by atoms with Crippen molar-refractivity contribution in [1.29, 1.82) is 0 Å². The Bertz CT molecular complexity index is 204. The van der Waals surface area contributed by atoms with Gasteiger partial charge < -0.3 is 10.4 Å². The summed E-state index contributed by atoms with van der Waals surface area (Å²) in [4.78, 5) is 11.0. The van der Waals surface area contributed by atoms with Gasteiger partial charge in [-0.15, -0.1) is 6.58 Å². The molecule has 0 aromatic carbocycles. The molecule has 0 spiro atoms. The van der Waals surface area contributed by atoms with E-state index < -0.39 is 12.0 Å².